The van der Waals surface area contributed by atoms with E-state index in [1.54, 1.807) is 36.4 Å². The first kappa shape index (κ1) is 16.2. The molecular weight excluding hydrogens is 300 g/mol. The third-order valence-electron chi connectivity index (χ3n) is 3.41. The Labute approximate surface area is 134 Å². The molecule has 0 aliphatic rings. The van der Waals surface area contributed by atoms with Gasteiger partial charge in [-0.3, -0.25) is 9.59 Å². The highest BCUT2D eigenvalue weighted by Gasteiger charge is 2.16. The number of aryl methyl sites for hydroxylation is 1. The van der Waals surface area contributed by atoms with Crippen molar-refractivity contribution in [2.75, 3.05) is 7.11 Å². The number of Topliss-reactive ketones (excluding diaryl/α,β-unsaturated/α-hetero) is 2. The summed E-state index contributed by atoms with van der Waals surface area (Å²) in [6.07, 6.45) is 0.253. The van der Waals surface area contributed by atoms with Crippen LogP contribution < -0.4 is 4.74 Å². The molecule has 0 saturated heterocycles. The van der Waals surface area contributed by atoms with Gasteiger partial charge in [-0.05, 0) is 36.8 Å². The van der Waals surface area contributed by atoms with E-state index >= 15 is 0 Å². The second-order valence-corrected chi connectivity index (χ2v) is 5.44. The molecular formula is C18H17ClO3. The maximum atomic E-state index is 12.2. The zero-order chi connectivity index (χ0) is 16.1. The van der Waals surface area contributed by atoms with Gasteiger partial charge < -0.3 is 4.74 Å². The minimum atomic E-state index is -0.131. The van der Waals surface area contributed by atoms with E-state index in [-0.39, 0.29) is 24.4 Å². The van der Waals surface area contributed by atoms with Crippen LogP contribution in [0.3, 0.4) is 0 Å². The van der Waals surface area contributed by atoms with Crippen molar-refractivity contribution < 1.29 is 14.3 Å². The number of rotatable bonds is 6. The van der Waals surface area contributed by atoms with E-state index in [2.05, 4.69) is 0 Å². The number of carbonyl (C=O) groups excluding carboxylic acids is 2. The van der Waals surface area contributed by atoms with E-state index in [4.69, 9.17) is 16.3 Å². The number of ether oxygens (including phenoxy) is 1. The largest absolute Gasteiger partial charge is 0.496 e. The SMILES string of the molecule is COc1ccccc1C(=O)CCC(=O)c1ccc(C)cc1Cl. The molecule has 0 unspecified atom stereocenters. The summed E-state index contributed by atoms with van der Waals surface area (Å²) in [6, 6.07) is 12.3. The molecule has 0 aromatic heterocycles. The quantitative estimate of drug-likeness (QED) is 0.737. The van der Waals surface area contributed by atoms with Crippen molar-refractivity contribution >= 4 is 23.2 Å². The van der Waals surface area contributed by atoms with Gasteiger partial charge in [-0.1, -0.05) is 29.8 Å². The fourth-order valence-corrected chi connectivity index (χ4v) is 2.56. The highest BCUT2D eigenvalue weighted by Crippen LogP contribution is 2.22. The second kappa shape index (κ2) is 7.23. The number of ketones is 2. The first-order valence-electron chi connectivity index (χ1n) is 6.98. The molecule has 0 aliphatic carbocycles. The lowest BCUT2D eigenvalue weighted by Crippen LogP contribution is -2.07. The molecule has 0 N–H and O–H groups in total. The van der Waals surface area contributed by atoms with Crippen LogP contribution in [-0.4, -0.2) is 18.7 Å². The summed E-state index contributed by atoms with van der Waals surface area (Å²) in [6.45, 7) is 1.91. The fraction of sp³-hybridized carbons (Fsp3) is 0.222. The molecule has 2 aromatic rings. The van der Waals surface area contributed by atoms with E-state index in [1.165, 1.54) is 7.11 Å². The number of para-hydroxylation sites is 1. The minimum Gasteiger partial charge on any atom is -0.496 e. The molecule has 0 fully saturated rings. The highest BCUT2D eigenvalue weighted by atomic mass is 35.5. The number of hydrogen-bond acceptors (Lipinski definition) is 3. The first-order chi connectivity index (χ1) is 10.5. The molecule has 0 amide bonds. The normalized spacial score (nSPS) is 10.3. The standard InChI is InChI=1S/C18H17ClO3/c1-12-7-8-13(15(19)11-12)16(20)9-10-17(21)14-5-3-4-6-18(14)22-2/h3-8,11H,9-10H2,1-2H3. The zero-order valence-electron chi connectivity index (χ0n) is 12.6. The Balaban J connectivity index is 2.06. The van der Waals surface area contributed by atoms with Gasteiger partial charge >= 0.3 is 0 Å². The Morgan fingerprint density at radius 2 is 1.64 bits per heavy atom. The van der Waals surface area contributed by atoms with E-state index < -0.39 is 0 Å². The lowest BCUT2D eigenvalue weighted by molar-refractivity contribution is 0.0916. The molecule has 3 nitrogen and oxygen atoms in total. The van der Waals surface area contributed by atoms with Crippen LogP contribution in [0, 0.1) is 6.92 Å². The van der Waals surface area contributed by atoms with Crippen molar-refractivity contribution in [3.05, 3.63) is 64.2 Å². The Kier molecular flexibility index (Phi) is 5.34. The first-order valence-corrected chi connectivity index (χ1v) is 7.36. The molecule has 0 saturated carbocycles. The van der Waals surface area contributed by atoms with Crippen LogP contribution in [-0.2, 0) is 0 Å². The number of halogens is 1. The van der Waals surface area contributed by atoms with Gasteiger partial charge in [-0.15, -0.1) is 0 Å². The molecule has 114 valence electrons. The summed E-state index contributed by atoms with van der Waals surface area (Å²) < 4.78 is 5.16. The maximum Gasteiger partial charge on any atom is 0.167 e. The third kappa shape index (κ3) is 3.74. The smallest absolute Gasteiger partial charge is 0.167 e. The van der Waals surface area contributed by atoms with Gasteiger partial charge in [0.15, 0.2) is 11.6 Å². The Morgan fingerprint density at radius 1 is 1.00 bits per heavy atom. The Bertz CT molecular complexity index is 707. The predicted octanol–water partition coefficient (Wildman–Crippen LogP) is 4.50. The van der Waals surface area contributed by atoms with Gasteiger partial charge in [0.2, 0.25) is 0 Å². The molecule has 0 atom stereocenters. The zero-order valence-corrected chi connectivity index (χ0v) is 13.3. The van der Waals surface area contributed by atoms with Gasteiger partial charge in [0, 0.05) is 18.4 Å². The Morgan fingerprint density at radius 3 is 2.27 bits per heavy atom. The van der Waals surface area contributed by atoms with E-state index in [9.17, 15) is 9.59 Å². The topological polar surface area (TPSA) is 43.4 Å². The lowest BCUT2D eigenvalue weighted by Gasteiger charge is -2.07. The molecule has 0 spiro atoms. The van der Waals surface area contributed by atoms with Crippen molar-refractivity contribution in [1.29, 1.82) is 0 Å². The van der Waals surface area contributed by atoms with Gasteiger partial charge in [0.1, 0.15) is 5.75 Å². The van der Waals surface area contributed by atoms with Crippen molar-refractivity contribution in [2.45, 2.75) is 19.8 Å². The number of methoxy groups -OCH3 is 1. The van der Waals surface area contributed by atoms with Crippen LogP contribution in [0.15, 0.2) is 42.5 Å². The van der Waals surface area contributed by atoms with Crippen molar-refractivity contribution in [3.63, 3.8) is 0 Å². The average molecular weight is 317 g/mol. The van der Waals surface area contributed by atoms with Crippen LogP contribution in [0.25, 0.3) is 0 Å². The number of hydrogen-bond donors (Lipinski definition) is 0. The van der Waals surface area contributed by atoms with Crippen molar-refractivity contribution in [3.8, 4) is 5.75 Å². The summed E-state index contributed by atoms with van der Waals surface area (Å²) in [4.78, 5) is 24.4. The summed E-state index contributed by atoms with van der Waals surface area (Å²) in [7, 11) is 1.52. The molecule has 0 bridgehead atoms. The maximum absolute atomic E-state index is 12.2. The predicted molar refractivity (Wildman–Crippen MR) is 87.1 cm³/mol. The molecule has 4 heteroatoms. The van der Waals surface area contributed by atoms with Crippen LogP contribution in [0.5, 0.6) is 5.75 Å². The van der Waals surface area contributed by atoms with Gasteiger partial charge in [0.25, 0.3) is 0 Å². The van der Waals surface area contributed by atoms with Crippen LogP contribution in [0.4, 0.5) is 0 Å². The number of benzene rings is 2. The van der Waals surface area contributed by atoms with Crippen LogP contribution in [0.2, 0.25) is 5.02 Å². The molecule has 0 aliphatic heterocycles. The molecule has 0 radical (unpaired) electrons. The van der Waals surface area contributed by atoms with Crippen LogP contribution >= 0.6 is 11.6 Å². The third-order valence-corrected chi connectivity index (χ3v) is 3.72. The molecule has 2 rings (SSSR count). The molecule has 22 heavy (non-hydrogen) atoms. The summed E-state index contributed by atoms with van der Waals surface area (Å²) >= 11 is 6.08. The molecule has 0 heterocycles. The fourth-order valence-electron chi connectivity index (χ4n) is 2.22. The Hall–Kier alpha value is -2.13. The van der Waals surface area contributed by atoms with Crippen LogP contribution in [0.1, 0.15) is 39.1 Å². The minimum absolute atomic E-state index is 0.117. The summed E-state index contributed by atoms with van der Waals surface area (Å²) in [5.74, 6) is 0.274. The van der Waals surface area contributed by atoms with E-state index in [0.717, 1.165) is 5.56 Å². The van der Waals surface area contributed by atoms with E-state index in [0.29, 0.717) is 21.9 Å². The van der Waals surface area contributed by atoms with Gasteiger partial charge in [0.05, 0.1) is 17.7 Å². The highest BCUT2D eigenvalue weighted by molar-refractivity contribution is 6.34. The number of carbonyl (C=O) groups is 2. The average Bonchev–Trinajstić information content (AvgIpc) is 2.52. The van der Waals surface area contributed by atoms with Gasteiger partial charge in [-0.25, -0.2) is 0 Å². The molecule has 2 aromatic carbocycles. The summed E-state index contributed by atoms with van der Waals surface area (Å²) in [5, 5.41) is 0.426. The van der Waals surface area contributed by atoms with Crippen molar-refractivity contribution in [1.82, 2.24) is 0 Å². The van der Waals surface area contributed by atoms with Crippen molar-refractivity contribution in [2.24, 2.45) is 0 Å². The van der Waals surface area contributed by atoms with Gasteiger partial charge in [-0.2, -0.15) is 0 Å². The van der Waals surface area contributed by atoms with E-state index in [1.807, 2.05) is 13.0 Å². The monoisotopic (exact) mass is 316 g/mol. The summed E-state index contributed by atoms with van der Waals surface area (Å²) in [5.41, 5.74) is 1.94. The second-order valence-electron chi connectivity index (χ2n) is 5.03. The lowest BCUT2D eigenvalue weighted by atomic mass is 10.0.